The van der Waals surface area contributed by atoms with E-state index in [1.807, 2.05) is 57.2 Å². The van der Waals surface area contributed by atoms with Crippen LogP contribution >= 0.6 is 0 Å². The molecule has 2 amide bonds. The molecule has 0 aliphatic heterocycles. The maximum Gasteiger partial charge on any atom is 0.339 e. The normalized spacial score (nSPS) is 10.6. The number of urea groups is 1. The predicted molar refractivity (Wildman–Crippen MR) is 84.6 cm³/mol. The highest BCUT2D eigenvalue weighted by Crippen LogP contribution is 2.15. The van der Waals surface area contributed by atoms with Crippen LogP contribution in [0.2, 0.25) is 0 Å². The summed E-state index contributed by atoms with van der Waals surface area (Å²) in [5.74, 6) is 0. The predicted octanol–water partition coefficient (Wildman–Crippen LogP) is 3.16. The number of hydrazone groups is 1. The lowest BCUT2D eigenvalue weighted by Crippen LogP contribution is -2.24. The maximum absolute atomic E-state index is 11.8. The zero-order chi connectivity index (χ0) is 15.2. The molecule has 0 atom stereocenters. The second-order valence-corrected chi connectivity index (χ2v) is 4.85. The Kier molecular flexibility index (Phi) is 4.66. The van der Waals surface area contributed by atoms with Crippen molar-refractivity contribution < 1.29 is 4.79 Å². The van der Waals surface area contributed by atoms with Gasteiger partial charge in [0, 0.05) is 11.4 Å². The van der Waals surface area contributed by atoms with E-state index in [0.717, 1.165) is 22.5 Å². The van der Waals surface area contributed by atoms with Gasteiger partial charge in [0.1, 0.15) is 0 Å². The van der Waals surface area contributed by atoms with Gasteiger partial charge >= 0.3 is 6.03 Å². The SMILES string of the molecule is Cc1ccc(NC(=O)NN=Cc2cccc(C)n2)c(C)c1. The molecule has 0 unspecified atom stereocenters. The topological polar surface area (TPSA) is 66.4 Å². The van der Waals surface area contributed by atoms with Crippen molar-refractivity contribution in [2.75, 3.05) is 5.32 Å². The lowest BCUT2D eigenvalue weighted by molar-refractivity contribution is 0.252. The first-order valence-electron chi connectivity index (χ1n) is 6.65. The van der Waals surface area contributed by atoms with E-state index in [4.69, 9.17) is 0 Å². The van der Waals surface area contributed by atoms with Crippen molar-refractivity contribution in [3.8, 4) is 0 Å². The molecule has 1 heterocycles. The summed E-state index contributed by atoms with van der Waals surface area (Å²) in [7, 11) is 0. The number of carbonyl (C=O) groups excluding carboxylic acids is 1. The van der Waals surface area contributed by atoms with Crippen LogP contribution < -0.4 is 10.7 Å². The van der Waals surface area contributed by atoms with E-state index in [0.29, 0.717) is 5.69 Å². The average molecular weight is 282 g/mol. The third-order valence-electron chi connectivity index (χ3n) is 2.90. The van der Waals surface area contributed by atoms with Crippen LogP contribution in [0.5, 0.6) is 0 Å². The second kappa shape index (κ2) is 6.65. The number of rotatable bonds is 3. The first kappa shape index (κ1) is 14.7. The molecule has 108 valence electrons. The largest absolute Gasteiger partial charge is 0.339 e. The van der Waals surface area contributed by atoms with Crippen molar-refractivity contribution in [2.24, 2.45) is 5.10 Å². The Bertz CT molecular complexity index is 680. The van der Waals surface area contributed by atoms with Gasteiger partial charge in [0.2, 0.25) is 0 Å². The monoisotopic (exact) mass is 282 g/mol. The van der Waals surface area contributed by atoms with Crippen molar-refractivity contribution in [2.45, 2.75) is 20.8 Å². The fourth-order valence-corrected chi connectivity index (χ4v) is 1.90. The minimum absolute atomic E-state index is 0.383. The van der Waals surface area contributed by atoms with Crippen molar-refractivity contribution in [1.82, 2.24) is 10.4 Å². The molecule has 5 nitrogen and oxygen atoms in total. The molecule has 2 rings (SSSR count). The Labute approximate surface area is 124 Å². The van der Waals surface area contributed by atoms with Gasteiger partial charge in [0.15, 0.2) is 0 Å². The van der Waals surface area contributed by atoms with Gasteiger partial charge in [0.25, 0.3) is 0 Å². The third kappa shape index (κ3) is 4.42. The first-order valence-corrected chi connectivity index (χ1v) is 6.65. The number of nitrogens with one attached hydrogen (secondary N) is 2. The number of aryl methyl sites for hydroxylation is 3. The molecular formula is C16H18N4O. The molecule has 0 saturated heterocycles. The molecule has 21 heavy (non-hydrogen) atoms. The molecule has 2 N–H and O–H groups in total. The number of nitrogens with zero attached hydrogens (tertiary/aromatic N) is 2. The number of hydrogen-bond donors (Lipinski definition) is 2. The van der Waals surface area contributed by atoms with E-state index in [1.165, 1.54) is 6.21 Å². The molecule has 1 aromatic carbocycles. The van der Waals surface area contributed by atoms with Crippen molar-refractivity contribution in [1.29, 1.82) is 0 Å². The Morgan fingerprint density at radius 3 is 2.71 bits per heavy atom. The number of carbonyl (C=O) groups is 1. The van der Waals surface area contributed by atoms with Gasteiger partial charge < -0.3 is 5.32 Å². The van der Waals surface area contributed by atoms with E-state index < -0.39 is 0 Å². The Hall–Kier alpha value is -2.69. The molecule has 0 radical (unpaired) electrons. The summed E-state index contributed by atoms with van der Waals surface area (Å²) in [5.41, 5.74) is 6.95. The van der Waals surface area contributed by atoms with E-state index in [9.17, 15) is 4.79 Å². The summed E-state index contributed by atoms with van der Waals surface area (Å²) in [6.45, 7) is 5.86. The van der Waals surface area contributed by atoms with Crippen LogP contribution in [0.1, 0.15) is 22.5 Å². The van der Waals surface area contributed by atoms with Crippen molar-refractivity contribution in [3.63, 3.8) is 0 Å². The Balaban J connectivity index is 1.93. The summed E-state index contributed by atoms with van der Waals surface area (Å²) in [6, 6.07) is 11.1. The molecule has 0 aliphatic carbocycles. The number of amides is 2. The molecular weight excluding hydrogens is 264 g/mol. The smallest absolute Gasteiger partial charge is 0.306 e. The summed E-state index contributed by atoms with van der Waals surface area (Å²) in [6.07, 6.45) is 1.51. The van der Waals surface area contributed by atoms with Crippen LogP contribution in [0.3, 0.4) is 0 Å². The van der Waals surface area contributed by atoms with Gasteiger partial charge in [-0.1, -0.05) is 23.8 Å². The number of pyridine rings is 1. The van der Waals surface area contributed by atoms with Crippen LogP contribution in [0.4, 0.5) is 10.5 Å². The van der Waals surface area contributed by atoms with Gasteiger partial charge in [-0.05, 0) is 44.5 Å². The van der Waals surface area contributed by atoms with E-state index in [2.05, 4.69) is 20.8 Å². The molecule has 0 fully saturated rings. The maximum atomic E-state index is 11.8. The Morgan fingerprint density at radius 1 is 1.19 bits per heavy atom. The third-order valence-corrected chi connectivity index (χ3v) is 2.90. The minimum Gasteiger partial charge on any atom is -0.306 e. The van der Waals surface area contributed by atoms with Crippen molar-refractivity contribution in [3.05, 3.63) is 58.9 Å². The van der Waals surface area contributed by atoms with Crippen LogP contribution in [-0.4, -0.2) is 17.2 Å². The number of aromatic nitrogens is 1. The molecule has 2 aromatic rings. The average Bonchev–Trinajstić information content (AvgIpc) is 2.42. The van der Waals surface area contributed by atoms with Crippen LogP contribution in [0.15, 0.2) is 41.5 Å². The van der Waals surface area contributed by atoms with E-state index in [-0.39, 0.29) is 6.03 Å². The minimum atomic E-state index is -0.383. The van der Waals surface area contributed by atoms with Gasteiger partial charge in [0.05, 0.1) is 11.9 Å². The summed E-state index contributed by atoms with van der Waals surface area (Å²) in [5, 5.41) is 6.63. The quantitative estimate of drug-likeness (QED) is 0.670. The number of hydrogen-bond acceptors (Lipinski definition) is 3. The van der Waals surface area contributed by atoms with Crippen LogP contribution in [0.25, 0.3) is 0 Å². The van der Waals surface area contributed by atoms with Crippen LogP contribution in [0, 0.1) is 20.8 Å². The van der Waals surface area contributed by atoms with E-state index >= 15 is 0 Å². The fourth-order valence-electron chi connectivity index (χ4n) is 1.90. The zero-order valence-electron chi connectivity index (χ0n) is 12.3. The molecule has 0 saturated carbocycles. The van der Waals surface area contributed by atoms with E-state index in [1.54, 1.807) is 0 Å². The summed E-state index contributed by atoms with van der Waals surface area (Å²) >= 11 is 0. The first-order chi connectivity index (χ1) is 10.0. The lowest BCUT2D eigenvalue weighted by atomic mass is 10.1. The highest BCUT2D eigenvalue weighted by atomic mass is 16.2. The number of benzene rings is 1. The molecule has 0 bridgehead atoms. The second-order valence-electron chi connectivity index (χ2n) is 4.85. The number of anilines is 1. The van der Waals surface area contributed by atoms with Crippen LogP contribution in [-0.2, 0) is 0 Å². The van der Waals surface area contributed by atoms with Gasteiger partial charge in [-0.2, -0.15) is 5.10 Å². The van der Waals surface area contributed by atoms with Gasteiger partial charge in [-0.25, -0.2) is 10.2 Å². The highest BCUT2D eigenvalue weighted by molar-refractivity contribution is 5.90. The lowest BCUT2D eigenvalue weighted by Gasteiger charge is -2.08. The summed E-state index contributed by atoms with van der Waals surface area (Å²) < 4.78 is 0. The van der Waals surface area contributed by atoms with Gasteiger partial charge in [-0.3, -0.25) is 4.98 Å². The fraction of sp³-hybridized carbons (Fsp3) is 0.188. The van der Waals surface area contributed by atoms with Crippen molar-refractivity contribution >= 4 is 17.9 Å². The zero-order valence-corrected chi connectivity index (χ0v) is 12.3. The van der Waals surface area contributed by atoms with Gasteiger partial charge in [-0.15, -0.1) is 0 Å². The molecule has 5 heteroatoms. The molecule has 1 aromatic heterocycles. The molecule has 0 aliphatic rings. The summed E-state index contributed by atoms with van der Waals surface area (Å²) in [4.78, 5) is 16.0. The standard InChI is InChI=1S/C16H18N4O/c1-11-7-8-15(12(2)9-11)19-16(21)20-17-10-14-6-4-5-13(3)18-14/h4-10H,1-3H3,(H2,19,20,21). The highest BCUT2D eigenvalue weighted by Gasteiger charge is 2.03. The molecule has 0 spiro atoms. The Morgan fingerprint density at radius 2 is 2.00 bits per heavy atom.